The highest BCUT2D eigenvalue weighted by molar-refractivity contribution is 9.10. The zero-order chi connectivity index (χ0) is 15.6. The fourth-order valence-electron chi connectivity index (χ4n) is 1.94. The van der Waals surface area contributed by atoms with Crippen LogP contribution in [0.5, 0.6) is 0 Å². The molecule has 0 aliphatic carbocycles. The highest BCUT2D eigenvalue weighted by Gasteiger charge is 2.37. The summed E-state index contributed by atoms with van der Waals surface area (Å²) in [5.41, 5.74) is -1.04. The number of hydrogen-bond acceptors (Lipinski definition) is 2. The van der Waals surface area contributed by atoms with Gasteiger partial charge in [-0.3, -0.25) is 0 Å². The molecule has 2 aromatic carbocycles. The molecular formula is C15H12BrClFNO2. The molecule has 6 heteroatoms. The van der Waals surface area contributed by atoms with E-state index in [1.807, 2.05) is 0 Å². The number of hydrogen-bond donors (Lipinski definition) is 2. The van der Waals surface area contributed by atoms with Gasteiger partial charge in [0.1, 0.15) is 5.82 Å². The van der Waals surface area contributed by atoms with Crippen LogP contribution in [-0.2, 0) is 10.3 Å². The largest absolute Gasteiger partial charge is 0.479 e. The van der Waals surface area contributed by atoms with Gasteiger partial charge in [-0.05, 0) is 49.4 Å². The van der Waals surface area contributed by atoms with Crippen LogP contribution in [0.1, 0.15) is 12.5 Å². The lowest BCUT2D eigenvalue weighted by atomic mass is 9.91. The first-order valence-corrected chi connectivity index (χ1v) is 7.23. The molecule has 21 heavy (non-hydrogen) atoms. The monoisotopic (exact) mass is 371 g/mol. The van der Waals surface area contributed by atoms with Crippen LogP contribution in [0.15, 0.2) is 46.9 Å². The Bertz CT molecular complexity index is 678. The van der Waals surface area contributed by atoms with Crippen molar-refractivity contribution in [3.05, 3.63) is 63.3 Å². The van der Waals surface area contributed by atoms with Crippen molar-refractivity contribution in [2.75, 3.05) is 5.32 Å². The second-order valence-corrected chi connectivity index (χ2v) is 6.04. The summed E-state index contributed by atoms with van der Waals surface area (Å²) in [6.07, 6.45) is 0. The van der Waals surface area contributed by atoms with E-state index in [-0.39, 0.29) is 5.56 Å². The maximum atomic E-state index is 14.0. The molecule has 0 radical (unpaired) electrons. The van der Waals surface area contributed by atoms with Gasteiger partial charge in [-0.25, -0.2) is 9.18 Å². The normalized spacial score (nSPS) is 13.5. The van der Waals surface area contributed by atoms with E-state index in [0.717, 1.165) is 0 Å². The lowest BCUT2D eigenvalue weighted by molar-refractivity contribution is -0.142. The average Bonchev–Trinajstić information content (AvgIpc) is 2.43. The Morgan fingerprint density at radius 1 is 1.29 bits per heavy atom. The molecule has 0 bridgehead atoms. The third-order valence-electron chi connectivity index (χ3n) is 3.13. The minimum atomic E-state index is -1.61. The summed E-state index contributed by atoms with van der Waals surface area (Å²) in [6, 6.07) is 10.7. The number of benzene rings is 2. The van der Waals surface area contributed by atoms with Crippen LogP contribution in [0.25, 0.3) is 0 Å². The van der Waals surface area contributed by atoms with Gasteiger partial charge in [0.05, 0.1) is 0 Å². The van der Waals surface area contributed by atoms with Gasteiger partial charge >= 0.3 is 5.97 Å². The van der Waals surface area contributed by atoms with Crippen LogP contribution < -0.4 is 5.32 Å². The third-order valence-corrected chi connectivity index (χ3v) is 3.88. The topological polar surface area (TPSA) is 49.3 Å². The molecular weight excluding hydrogens is 361 g/mol. The number of rotatable bonds is 4. The van der Waals surface area contributed by atoms with E-state index in [0.29, 0.717) is 15.2 Å². The lowest BCUT2D eigenvalue weighted by Crippen LogP contribution is -2.41. The van der Waals surface area contributed by atoms with E-state index < -0.39 is 17.3 Å². The smallest absolute Gasteiger partial charge is 0.333 e. The summed E-state index contributed by atoms with van der Waals surface area (Å²) >= 11 is 9.03. The standard InChI is InChI=1S/C15H12BrClFNO2/c1-15(14(20)21,12-8-9(16)2-7-13(12)18)19-11-5-3-10(17)4-6-11/h2-8,19H,1H3,(H,20,21). The van der Waals surface area contributed by atoms with Crippen LogP contribution in [0.4, 0.5) is 10.1 Å². The van der Waals surface area contributed by atoms with Crippen molar-refractivity contribution < 1.29 is 14.3 Å². The van der Waals surface area contributed by atoms with Gasteiger partial charge < -0.3 is 10.4 Å². The molecule has 2 rings (SSSR count). The highest BCUT2D eigenvalue weighted by atomic mass is 79.9. The first kappa shape index (κ1) is 15.8. The van der Waals surface area contributed by atoms with Crippen LogP contribution in [0, 0.1) is 5.82 Å². The molecule has 0 heterocycles. The van der Waals surface area contributed by atoms with Crippen LogP contribution >= 0.6 is 27.5 Å². The molecule has 0 amide bonds. The third kappa shape index (κ3) is 3.36. The number of anilines is 1. The zero-order valence-corrected chi connectivity index (χ0v) is 13.4. The quantitative estimate of drug-likeness (QED) is 0.821. The van der Waals surface area contributed by atoms with Crippen molar-refractivity contribution in [3.63, 3.8) is 0 Å². The number of carboxylic acids is 1. The van der Waals surface area contributed by atoms with Gasteiger partial charge in [-0.1, -0.05) is 27.5 Å². The van der Waals surface area contributed by atoms with Gasteiger partial charge in [0.2, 0.25) is 0 Å². The number of carboxylic acid groups (broad SMARTS) is 1. The SMILES string of the molecule is CC(Nc1ccc(Cl)cc1)(C(=O)O)c1cc(Br)ccc1F. The first-order valence-electron chi connectivity index (χ1n) is 6.05. The Morgan fingerprint density at radius 2 is 1.90 bits per heavy atom. The molecule has 1 atom stereocenters. The average molecular weight is 373 g/mol. The summed E-state index contributed by atoms with van der Waals surface area (Å²) in [7, 11) is 0. The molecule has 0 aliphatic heterocycles. The Morgan fingerprint density at radius 3 is 2.48 bits per heavy atom. The van der Waals surface area contributed by atoms with Gasteiger partial charge in [-0.15, -0.1) is 0 Å². The second kappa shape index (κ2) is 6.03. The van der Waals surface area contributed by atoms with E-state index >= 15 is 0 Å². The predicted molar refractivity (Wildman–Crippen MR) is 84.2 cm³/mol. The summed E-state index contributed by atoms with van der Waals surface area (Å²) in [6.45, 7) is 1.41. The summed E-state index contributed by atoms with van der Waals surface area (Å²) < 4.78 is 14.6. The summed E-state index contributed by atoms with van der Waals surface area (Å²) in [5.74, 6) is -1.78. The highest BCUT2D eigenvalue weighted by Crippen LogP contribution is 2.31. The molecule has 2 aromatic rings. The molecule has 0 aliphatic rings. The number of carbonyl (C=O) groups is 1. The summed E-state index contributed by atoms with van der Waals surface area (Å²) in [5, 5.41) is 12.9. The Labute approximate surface area is 134 Å². The van der Waals surface area contributed by atoms with E-state index in [9.17, 15) is 14.3 Å². The molecule has 0 aromatic heterocycles. The molecule has 2 N–H and O–H groups in total. The second-order valence-electron chi connectivity index (χ2n) is 4.69. The van der Waals surface area contributed by atoms with Crippen molar-refractivity contribution in [2.24, 2.45) is 0 Å². The Hall–Kier alpha value is -1.59. The van der Waals surface area contributed by atoms with Gasteiger partial charge in [-0.2, -0.15) is 0 Å². The Balaban J connectivity index is 2.47. The van der Waals surface area contributed by atoms with Crippen molar-refractivity contribution >= 4 is 39.2 Å². The number of nitrogens with one attached hydrogen (secondary N) is 1. The molecule has 3 nitrogen and oxygen atoms in total. The zero-order valence-electron chi connectivity index (χ0n) is 11.0. The summed E-state index contributed by atoms with van der Waals surface area (Å²) in [4.78, 5) is 11.7. The fourth-order valence-corrected chi connectivity index (χ4v) is 2.43. The molecule has 0 saturated heterocycles. The lowest BCUT2D eigenvalue weighted by Gasteiger charge is -2.28. The van der Waals surface area contributed by atoms with E-state index in [2.05, 4.69) is 21.2 Å². The first-order chi connectivity index (χ1) is 9.83. The van der Waals surface area contributed by atoms with Crippen molar-refractivity contribution in [1.82, 2.24) is 0 Å². The molecule has 0 saturated carbocycles. The Kier molecular flexibility index (Phi) is 4.54. The van der Waals surface area contributed by atoms with Gasteiger partial charge in [0.25, 0.3) is 0 Å². The van der Waals surface area contributed by atoms with Crippen LogP contribution in [0.2, 0.25) is 5.02 Å². The van der Waals surface area contributed by atoms with E-state index in [1.54, 1.807) is 24.3 Å². The number of halogens is 3. The maximum Gasteiger partial charge on any atom is 0.333 e. The van der Waals surface area contributed by atoms with Crippen LogP contribution in [0.3, 0.4) is 0 Å². The fraction of sp³-hybridized carbons (Fsp3) is 0.133. The van der Waals surface area contributed by atoms with Gasteiger partial charge in [0, 0.05) is 20.7 Å². The van der Waals surface area contributed by atoms with Gasteiger partial charge in [0.15, 0.2) is 5.54 Å². The molecule has 0 spiro atoms. The maximum absolute atomic E-state index is 14.0. The van der Waals surface area contributed by atoms with Crippen molar-refractivity contribution in [3.8, 4) is 0 Å². The predicted octanol–water partition coefficient (Wildman–Crippen LogP) is 4.65. The molecule has 110 valence electrons. The van der Waals surface area contributed by atoms with Crippen molar-refractivity contribution in [1.29, 1.82) is 0 Å². The van der Waals surface area contributed by atoms with Crippen molar-refractivity contribution in [2.45, 2.75) is 12.5 Å². The van der Waals surface area contributed by atoms with Crippen LogP contribution in [-0.4, -0.2) is 11.1 Å². The minimum Gasteiger partial charge on any atom is -0.479 e. The molecule has 0 fully saturated rings. The minimum absolute atomic E-state index is 0.0410. The number of aliphatic carboxylic acids is 1. The van der Waals surface area contributed by atoms with E-state index in [1.165, 1.54) is 25.1 Å². The van der Waals surface area contributed by atoms with E-state index in [4.69, 9.17) is 11.6 Å². The molecule has 1 unspecified atom stereocenters.